The summed E-state index contributed by atoms with van der Waals surface area (Å²) in [6.07, 6.45) is 4.13. The quantitative estimate of drug-likeness (QED) is 0.373. The van der Waals surface area contributed by atoms with Crippen LogP contribution in [0.2, 0.25) is 0 Å². The number of aromatic amines is 1. The molecule has 2 N–H and O–H groups in total. The second-order valence-corrected chi connectivity index (χ2v) is 10.3. The summed E-state index contributed by atoms with van der Waals surface area (Å²) in [6, 6.07) is 9.84. The highest BCUT2D eigenvalue weighted by Gasteiger charge is 2.31. The monoisotopic (exact) mass is 488 g/mol. The van der Waals surface area contributed by atoms with Gasteiger partial charge in [0, 0.05) is 34.8 Å². The van der Waals surface area contributed by atoms with Crippen LogP contribution < -0.4 is 20.4 Å². The molecule has 0 aliphatic carbocycles. The molecule has 1 amide bonds. The number of nitrogens with one attached hydrogen (secondary N) is 2. The molecule has 2 aromatic heterocycles. The van der Waals surface area contributed by atoms with E-state index < -0.39 is 5.63 Å². The minimum atomic E-state index is -0.500. The molecular formula is C29H32N2O5. The Morgan fingerprint density at radius 3 is 2.83 bits per heavy atom. The summed E-state index contributed by atoms with van der Waals surface area (Å²) >= 11 is 0. The number of benzene rings is 2. The predicted octanol–water partition coefficient (Wildman–Crippen LogP) is 4.98. The van der Waals surface area contributed by atoms with Crippen LogP contribution in [-0.4, -0.2) is 29.6 Å². The number of rotatable bonds is 6. The zero-order valence-electron chi connectivity index (χ0n) is 21.4. The standard InChI is InChI=1S/C29H32N2O5/c1-16(12-18-15-30-22-9-7-6-8-19(18)22)31-25(32)13-21-17(2)26-24(34-5)14-23-20(27(26)35-28(21)33)10-11-29(3,4)36-23/h6-9,14-16,30H,10-13H2,1-5H3,(H,31,32). The first-order valence-corrected chi connectivity index (χ1v) is 12.4. The molecule has 0 saturated heterocycles. The minimum Gasteiger partial charge on any atom is -0.496 e. The smallest absolute Gasteiger partial charge is 0.340 e. The van der Waals surface area contributed by atoms with Crippen LogP contribution in [-0.2, 0) is 24.1 Å². The van der Waals surface area contributed by atoms with Crippen LogP contribution in [0.1, 0.15) is 49.4 Å². The van der Waals surface area contributed by atoms with E-state index in [0.29, 0.717) is 40.0 Å². The summed E-state index contributed by atoms with van der Waals surface area (Å²) in [6.45, 7) is 7.89. The molecule has 4 aromatic rings. The lowest BCUT2D eigenvalue weighted by Gasteiger charge is -2.33. The third kappa shape index (κ3) is 4.34. The lowest BCUT2D eigenvalue weighted by atomic mass is 9.91. The summed E-state index contributed by atoms with van der Waals surface area (Å²) < 4.78 is 17.6. The van der Waals surface area contributed by atoms with E-state index in [4.69, 9.17) is 13.9 Å². The maximum Gasteiger partial charge on any atom is 0.340 e. The Balaban J connectivity index is 1.41. The second kappa shape index (κ2) is 9.04. The number of carbonyl (C=O) groups is 1. The van der Waals surface area contributed by atoms with Gasteiger partial charge >= 0.3 is 5.63 Å². The van der Waals surface area contributed by atoms with Gasteiger partial charge in [0.1, 0.15) is 22.7 Å². The van der Waals surface area contributed by atoms with Gasteiger partial charge in [0.25, 0.3) is 0 Å². The minimum absolute atomic E-state index is 0.0634. The Labute approximate surface area is 209 Å². The summed E-state index contributed by atoms with van der Waals surface area (Å²) in [5.74, 6) is 1.02. The number of hydrogen-bond acceptors (Lipinski definition) is 5. The molecule has 188 valence electrons. The van der Waals surface area contributed by atoms with Gasteiger partial charge in [0.15, 0.2) is 0 Å². The van der Waals surface area contributed by atoms with Crippen molar-refractivity contribution in [1.29, 1.82) is 0 Å². The number of para-hydroxylation sites is 1. The topological polar surface area (TPSA) is 93.6 Å². The molecule has 7 nitrogen and oxygen atoms in total. The number of carbonyl (C=O) groups excluding carboxylic acids is 1. The van der Waals surface area contributed by atoms with Crippen molar-refractivity contribution in [3.05, 3.63) is 69.2 Å². The zero-order valence-corrected chi connectivity index (χ0v) is 21.4. The van der Waals surface area contributed by atoms with E-state index in [1.165, 1.54) is 0 Å². The summed E-state index contributed by atoms with van der Waals surface area (Å²) in [5.41, 5.74) is 3.80. The van der Waals surface area contributed by atoms with Crippen molar-refractivity contribution in [2.75, 3.05) is 7.11 Å². The first kappa shape index (κ1) is 24.0. The summed E-state index contributed by atoms with van der Waals surface area (Å²) in [5, 5.41) is 4.90. The van der Waals surface area contributed by atoms with E-state index >= 15 is 0 Å². The molecule has 1 aliphatic heterocycles. The largest absolute Gasteiger partial charge is 0.496 e. The van der Waals surface area contributed by atoms with Crippen LogP contribution >= 0.6 is 0 Å². The SMILES string of the molecule is COc1cc2c(c3oc(=O)c(CC(=O)NC(C)Cc4c[nH]c5ccccc45)c(C)c13)CCC(C)(C)O2. The highest BCUT2D eigenvalue weighted by Crippen LogP contribution is 2.43. The van der Waals surface area contributed by atoms with Crippen molar-refractivity contribution in [3.8, 4) is 11.5 Å². The van der Waals surface area contributed by atoms with Crippen LogP contribution in [0.25, 0.3) is 21.9 Å². The first-order chi connectivity index (χ1) is 17.2. The number of H-pyrrole nitrogens is 1. The second-order valence-electron chi connectivity index (χ2n) is 10.3. The number of ether oxygens (including phenoxy) is 2. The van der Waals surface area contributed by atoms with Crippen molar-refractivity contribution in [2.45, 2.75) is 65.0 Å². The molecule has 0 fully saturated rings. The lowest BCUT2D eigenvalue weighted by Crippen LogP contribution is -2.36. The van der Waals surface area contributed by atoms with Crippen LogP contribution in [0.5, 0.6) is 11.5 Å². The van der Waals surface area contributed by atoms with E-state index in [0.717, 1.165) is 34.9 Å². The first-order valence-electron chi connectivity index (χ1n) is 12.4. The number of aromatic nitrogens is 1. The van der Waals surface area contributed by atoms with Crippen LogP contribution in [0.4, 0.5) is 0 Å². The van der Waals surface area contributed by atoms with Gasteiger partial charge in [-0.2, -0.15) is 0 Å². The predicted molar refractivity (Wildman–Crippen MR) is 140 cm³/mol. The highest BCUT2D eigenvalue weighted by atomic mass is 16.5. The van der Waals surface area contributed by atoms with E-state index in [9.17, 15) is 9.59 Å². The molecule has 36 heavy (non-hydrogen) atoms. The van der Waals surface area contributed by atoms with Crippen molar-refractivity contribution >= 4 is 27.8 Å². The van der Waals surface area contributed by atoms with Crippen molar-refractivity contribution < 1.29 is 18.7 Å². The molecular weight excluding hydrogens is 456 g/mol. The van der Waals surface area contributed by atoms with Crippen LogP contribution in [0.15, 0.2) is 45.7 Å². The number of hydrogen-bond donors (Lipinski definition) is 2. The van der Waals surface area contributed by atoms with Gasteiger partial charge < -0.3 is 24.2 Å². The molecule has 0 spiro atoms. The Bertz CT molecular complexity index is 1530. The highest BCUT2D eigenvalue weighted by molar-refractivity contribution is 5.93. The fourth-order valence-corrected chi connectivity index (χ4v) is 5.22. The van der Waals surface area contributed by atoms with Crippen molar-refractivity contribution in [2.24, 2.45) is 0 Å². The van der Waals surface area contributed by atoms with Crippen molar-refractivity contribution in [1.82, 2.24) is 10.3 Å². The number of methoxy groups -OCH3 is 1. The van der Waals surface area contributed by atoms with E-state index in [-0.39, 0.29) is 24.0 Å². The number of fused-ring (bicyclic) bond motifs is 4. The van der Waals surface area contributed by atoms with E-state index in [1.54, 1.807) is 7.11 Å². The average Bonchev–Trinajstić information content (AvgIpc) is 3.22. The maximum atomic E-state index is 13.1. The molecule has 0 bridgehead atoms. The molecule has 7 heteroatoms. The third-order valence-electron chi connectivity index (χ3n) is 7.10. The van der Waals surface area contributed by atoms with Gasteiger partial charge in [0.05, 0.1) is 24.5 Å². The normalized spacial score (nSPS) is 15.4. The Kier molecular flexibility index (Phi) is 6.02. The van der Waals surface area contributed by atoms with Crippen LogP contribution in [0.3, 0.4) is 0 Å². The maximum absolute atomic E-state index is 13.1. The average molecular weight is 489 g/mol. The molecule has 1 atom stereocenters. The fourth-order valence-electron chi connectivity index (χ4n) is 5.22. The molecule has 1 unspecified atom stereocenters. The Morgan fingerprint density at radius 1 is 1.28 bits per heavy atom. The molecule has 0 saturated carbocycles. The van der Waals surface area contributed by atoms with E-state index in [1.807, 2.05) is 58.2 Å². The van der Waals surface area contributed by atoms with E-state index in [2.05, 4.69) is 16.4 Å². The lowest BCUT2D eigenvalue weighted by molar-refractivity contribution is -0.121. The molecule has 3 heterocycles. The van der Waals surface area contributed by atoms with Crippen molar-refractivity contribution in [3.63, 3.8) is 0 Å². The van der Waals surface area contributed by atoms with Gasteiger partial charge in [-0.05, 0) is 64.2 Å². The molecule has 5 rings (SSSR count). The summed E-state index contributed by atoms with van der Waals surface area (Å²) in [4.78, 5) is 29.3. The molecule has 0 radical (unpaired) electrons. The van der Waals surface area contributed by atoms with Crippen LogP contribution in [0, 0.1) is 6.92 Å². The third-order valence-corrected chi connectivity index (χ3v) is 7.10. The van der Waals surface area contributed by atoms with Gasteiger partial charge in [0.2, 0.25) is 5.91 Å². The Hall–Kier alpha value is -3.74. The zero-order chi connectivity index (χ0) is 25.6. The fraction of sp³-hybridized carbons (Fsp3) is 0.379. The van der Waals surface area contributed by atoms with Gasteiger partial charge in [-0.25, -0.2) is 4.79 Å². The van der Waals surface area contributed by atoms with Gasteiger partial charge in [-0.3, -0.25) is 4.79 Å². The van der Waals surface area contributed by atoms with Gasteiger partial charge in [-0.15, -0.1) is 0 Å². The Morgan fingerprint density at radius 2 is 2.06 bits per heavy atom. The van der Waals surface area contributed by atoms with Gasteiger partial charge in [-0.1, -0.05) is 18.2 Å². The number of aryl methyl sites for hydroxylation is 2. The molecule has 2 aromatic carbocycles. The summed E-state index contributed by atoms with van der Waals surface area (Å²) in [7, 11) is 1.58. The number of amides is 1. The molecule has 1 aliphatic rings.